The molecule has 0 spiro atoms. The first kappa shape index (κ1) is 20.7. The molecule has 0 atom stereocenters. The molecule has 0 unspecified atom stereocenters. The van der Waals surface area contributed by atoms with Crippen LogP contribution in [0.25, 0.3) is 11.3 Å². The number of pyridine rings is 1. The van der Waals surface area contributed by atoms with Gasteiger partial charge in [0, 0.05) is 15.5 Å². The second-order valence-corrected chi connectivity index (χ2v) is 8.17. The van der Waals surface area contributed by atoms with Gasteiger partial charge in [-0.3, -0.25) is 0 Å². The predicted molar refractivity (Wildman–Crippen MR) is 111 cm³/mol. The predicted octanol–water partition coefficient (Wildman–Crippen LogP) is 5.28. The first-order valence-electron chi connectivity index (χ1n) is 8.23. The molecule has 0 saturated heterocycles. The van der Waals surface area contributed by atoms with Crippen molar-refractivity contribution in [3.8, 4) is 17.3 Å². The van der Waals surface area contributed by atoms with Crippen molar-refractivity contribution in [1.82, 2.24) is 4.98 Å². The van der Waals surface area contributed by atoms with Crippen LogP contribution < -0.4 is 0 Å². The molecule has 26 heavy (non-hydrogen) atoms. The van der Waals surface area contributed by atoms with E-state index in [0.717, 1.165) is 27.7 Å². The van der Waals surface area contributed by atoms with Gasteiger partial charge in [-0.15, -0.1) is 12.6 Å². The van der Waals surface area contributed by atoms with Crippen molar-refractivity contribution in [2.75, 3.05) is 17.4 Å². The Hall–Kier alpha value is -1.62. The molecule has 0 saturated carbocycles. The summed E-state index contributed by atoms with van der Waals surface area (Å²) in [7, 11) is 0. The van der Waals surface area contributed by atoms with Crippen molar-refractivity contribution < 1.29 is 9.53 Å². The maximum absolute atomic E-state index is 12.4. The van der Waals surface area contributed by atoms with E-state index in [9.17, 15) is 10.1 Å². The lowest BCUT2D eigenvalue weighted by atomic mass is 10.1. The summed E-state index contributed by atoms with van der Waals surface area (Å²) in [5, 5.41) is 10.9. The number of thiol groups is 1. The molecule has 2 aromatic rings. The van der Waals surface area contributed by atoms with Crippen molar-refractivity contribution in [3.63, 3.8) is 0 Å². The van der Waals surface area contributed by atoms with Crippen molar-refractivity contribution in [2.24, 2.45) is 0 Å². The second kappa shape index (κ2) is 10.5. The number of ether oxygens (including phenoxy) is 1. The topological polar surface area (TPSA) is 63.0 Å². The lowest BCUT2D eigenvalue weighted by Crippen LogP contribution is -2.09. The summed E-state index contributed by atoms with van der Waals surface area (Å²) in [6.45, 7) is 4.12. The highest BCUT2D eigenvalue weighted by Crippen LogP contribution is 2.32. The van der Waals surface area contributed by atoms with E-state index in [-0.39, 0.29) is 17.7 Å². The Morgan fingerprint density at radius 1 is 1.35 bits per heavy atom. The number of esters is 1. The number of thioether (sulfide) groups is 2. The number of aromatic nitrogens is 1. The Balaban J connectivity index is 2.52. The van der Waals surface area contributed by atoms with Gasteiger partial charge in [0.15, 0.2) is 0 Å². The van der Waals surface area contributed by atoms with Gasteiger partial charge in [-0.2, -0.15) is 17.0 Å². The standard InChI is InChI=1S/C19H20N2O2S3/c1-3-9-25-12-26-18-15(11-20)14(19(22)23-4-2)10-16(21-18)13-7-5-6-8-17(13)24/h5-8,10,24H,3-4,9,12H2,1-2H3. The number of hydrogen-bond donors (Lipinski definition) is 1. The van der Waals surface area contributed by atoms with Crippen LogP contribution in [0.3, 0.4) is 0 Å². The Morgan fingerprint density at radius 2 is 2.12 bits per heavy atom. The normalized spacial score (nSPS) is 10.4. The van der Waals surface area contributed by atoms with Gasteiger partial charge in [-0.25, -0.2) is 9.78 Å². The zero-order chi connectivity index (χ0) is 18.9. The van der Waals surface area contributed by atoms with Crippen LogP contribution in [-0.4, -0.2) is 28.4 Å². The molecule has 1 aromatic heterocycles. The average Bonchev–Trinajstić information content (AvgIpc) is 2.65. The van der Waals surface area contributed by atoms with Crippen molar-refractivity contribution in [2.45, 2.75) is 30.2 Å². The minimum atomic E-state index is -0.507. The first-order chi connectivity index (χ1) is 12.6. The van der Waals surface area contributed by atoms with Gasteiger partial charge in [0.25, 0.3) is 0 Å². The fraction of sp³-hybridized carbons (Fsp3) is 0.316. The molecule has 7 heteroatoms. The van der Waals surface area contributed by atoms with Crippen molar-refractivity contribution in [1.29, 1.82) is 5.26 Å². The summed E-state index contributed by atoms with van der Waals surface area (Å²) in [6, 6.07) is 11.3. The maximum atomic E-state index is 12.4. The van der Waals surface area contributed by atoms with E-state index in [2.05, 4.69) is 30.6 Å². The van der Waals surface area contributed by atoms with Gasteiger partial charge in [-0.05, 0) is 31.2 Å². The number of carbonyl (C=O) groups is 1. The molecule has 0 N–H and O–H groups in total. The minimum absolute atomic E-state index is 0.249. The Labute approximate surface area is 168 Å². The summed E-state index contributed by atoms with van der Waals surface area (Å²) >= 11 is 7.74. The molecule has 0 radical (unpaired) electrons. The van der Waals surface area contributed by atoms with Gasteiger partial charge in [-0.1, -0.05) is 36.9 Å². The Kier molecular flexibility index (Phi) is 8.36. The number of carbonyl (C=O) groups excluding carboxylic acids is 1. The molecule has 0 fully saturated rings. The molecule has 0 aliphatic carbocycles. The monoisotopic (exact) mass is 404 g/mol. The van der Waals surface area contributed by atoms with Crippen LogP contribution in [0.15, 0.2) is 40.3 Å². The minimum Gasteiger partial charge on any atom is -0.462 e. The fourth-order valence-electron chi connectivity index (χ4n) is 2.23. The summed E-state index contributed by atoms with van der Waals surface area (Å²) in [5.74, 6) is 0.533. The molecule has 0 bridgehead atoms. The van der Waals surface area contributed by atoms with Gasteiger partial charge in [0.2, 0.25) is 0 Å². The third-order valence-corrected chi connectivity index (χ3v) is 6.19. The van der Waals surface area contributed by atoms with Crippen LogP contribution >= 0.6 is 36.2 Å². The SMILES string of the molecule is CCCSCSc1nc(-c2ccccc2S)cc(C(=O)OCC)c1C#N. The highest BCUT2D eigenvalue weighted by atomic mass is 32.2. The number of benzene rings is 1. The van der Waals surface area contributed by atoms with Crippen LogP contribution in [0.2, 0.25) is 0 Å². The van der Waals surface area contributed by atoms with Crippen LogP contribution in [0.1, 0.15) is 36.2 Å². The Bertz CT molecular complexity index is 819. The molecule has 1 heterocycles. The van der Waals surface area contributed by atoms with Crippen LogP contribution in [0.4, 0.5) is 0 Å². The van der Waals surface area contributed by atoms with Gasteiger partial charge in [0.05, 0.1) is 23.4 Å². The average molecular weight is 405 g/mol. The smallest absolute Gasteiger partial charge is 0.339 e. The van der Waals surface area contributed by atoms with Crippen LogP contribution in [-0.2, 0) is 4.74 Å². The third-order valence-electron chi connectivity index (χ3n) is 3.40. The largest absolute Gasteiger partial charge is 0.462 e. The van der Waals surface area contributed by atoms with Gasteiger partial charge >= 0.3 is 5.97 Å². The number of hydrogen-bond acceptors (Lipinski definition) is 7. The van der Waals surface area contributed by atoms with Gasteiger partial charge < -0.3 is 4.74 Å². The summed E-state index contributed by atoms with van der Waals surface area (Å²) in [6.07, 6.45) is 1.09. The van der Waals surface area contributed by atoms with Crippen molar-refractivity contribution in [3.05, 3.63) is 41.5 Å². The lowest BCUT2D eigenvalue weighted by molar-refractivity contribution is 0.0525. The molecular formula is C19H20N2O2S3. The van der Waals surface area contributed by atoms with Crippen molar-refractivity contribution >= 4 is 42.1 Å². The molecule has 0 amide bonds. The molecule has 136 valence electrons. The maximum Gasteiger partial charge on any atom is 0.339 e. The molecular weight excluding hydrogens is 384 g/mol. The molecule has 1 aromatic carbocycles. The highest BCUT2D eigenvalue weighted by molar-refractivity contribution is 8.15. The summed E-state index contributed by atoms with van der Waals surface area (Å²) in [5.41, 5.74) is 1.94. The molecule has 0 aliphatic heterocycles. The second-order valence-electron chi connectivity index (χ2n) is 5.26. The van der Waals surface area contributed by atoms with E-state index >= 15 is 0 Å². The van der Waals surface area contributed by atoms with E-state index in [1.807, 2.05) is 24.3 Å². The van der Waals surface area contributed by atoms with E-state index < -0.39 is 5.97 Å². The fourth-order valence-corrected chi connectivity index (χ4v) is 4.51. The zero-order valence-electron chi connectivity index (χ0n) is 14.7. The Morgan fingerprint density at radius 3 is 2.77 bits per heavy atom. The lowest BCUT2D eigenvalue weighted by Gasteiger charge is -2.12. The van der Waals surface area contributed by atoms with E-state index in [0.29, 0.717) is 10.7 Å². The summed E-state index contributed by atoms with van der Waals surface area (Å²) < 4.78 is 5.14. The number of nitrogens with zero attached hydrogens (tertiary/aromatic N) is 2. The first-order valence-corrected chi connectivity index (χ1v) is 10.8. The zero-order valence-corrected chi connectivity index (χ0v) is 17.2. The van der Waals surface area contributed by atoms with E-state index in [4.69, 9.17) is 4.74 Å². The van der Waals surface area contributed by atoms with Crippen LogP contribution in [0, 0.1) is 11.3 Å². The number of rotatable bonds is 8. The van der Waals surface area contributed by atoms with E-state index in [1.165, 1.54) is 11.8 Å². The third kappa shape index (κ3) is 5.19. The molecule has 0 aliphatic rings. The quantitative estimate of drug-likeness (QED) is 0.212. The number of nitriles is 1. The summed E-state index contributed by atoms with van der Waals surface area (Å²) in [4.78, 5) is 17.8. The molecule has 4 nitrogen and oxygen atoms in total. The molecule has 2 rings (SSSR count). The van der Waals surface area contributed by atoms with Gasteiger partial charge in [0.1, 0.15) is 11.1 Å². The van der Waals surface area contributed by atoms with Crippen LogP contribution in [0.5, 0.6) is 0 Å². The van der Waals surface area contributed by atoms with E-state index in [1.54, 1.807) is 24.8 Å². The highest BCUT2D eigenvalue weighted by Gasteiger charge is 2.21.